The second-order valence-electron chi connectivity index (χ2n) is 4.11. The molecule has 13 heavy (non-hydrogen) atoms. The van der Waals surface area contributed by atoms with Gasteiger partial charge in [0, 0.05) is 26.0 Å². The van der Waals surface area contributed by atoms with E-state index in [9.17, 15) is 0 Å². The van der Waals surface area contributed by atoms with E-state index in [1.807, 2.05) is 0 Å². The summed E-state index contributed by atoms with van der Waals surface area (Å²) in [4.78, 5) is 0. The number of aromatic nitrogens is 1. The molecule has 1 N–H and O–H groups in total. The molecule has 0 radical (unpaired) electrons. The largest absolute Gasteiger partial charge is 0.357 e. The topological polar surface area (TPSA) is 17.0 Å². The lowest BCUT2D eigenvalue weighted by atomic mass is 9.85. The summed E-state index contributed by atoms with van der Waals surface area (Å²) in [7, 11) is 2.06. The van der Waals surface area contributed by atoms with E-state index in [4.69, 9.17) is 0 Å². The molecule has 1 aliphatic carbocycles. The molecule has 1 aromatic heterocycles. The van der Waals surface area contributed by atoms with Crippen LogP contribution in [0.1, 0.15) is 24.8 Å². The maximum atomic E-state index is 3.50. The molecule has 0 bridgehead atoms. The van der Waals surface area contributed by atoms with E-state index in [0.717, 1.165) is 12.5 Å². The molecule has 2 rings (SSSR count). The van der Waals surface area contributed by atoms with Crippen molar-refractivity contribution in [1.29, 1.82) is 0 Å². The van der Waals surface area contributed by atoms with Crippen molar-refractivity contribution in [2.24, 2.45) is 13.0 Å². The summed E-state index contributed by atoms with van der Waals surface area (Å²) in [6, 6.07) is 2.17. The van der Waals surface area contributed by atoms with Crippen molar-refractivity contribution in [3.63, 3.8) is 0 Å². The van der Waals surface area contributed by atoms with Gasteiger partial charge in [-0.05, 0) is 36.9 Å². The molecule has 0 aromatic carbocycles. The van der Waals surface area contributed by atoms with Crippen LogP contribution in [-0.4, -0.2) is 11.1 Å². The molecule has 1 saturated carbocycles. The number of rotatable bonds is 4. The summed E-state index contributed by atoms with van der Waals surface area (Å²) in [5.41, 5.74) is 1.39. The Kier molecular flexibility index (Phi) is 2.69. The SMILES string of the molecule is Cn1ccc(CNCC2CCC2)c1. The lowest BCUT2D eigenvalue weighted by Gasteiger charge is -2.25. The van der Waals surface area contributed by atoms with Gasteiger partial charge in [-0.3, -0.25) is 0 Å². The van der Waals surface area contributed by atoms with Gasteiger partial charge in [-0.15, -0.1) is 0 Å². The first-order valence-corrected chi connectivity index (χ1v) is 5.16. The standard InChI is InChI=1S/C11H18N2/c1-13-6-5-11(9-13)8-12-7-10-3-2-4-10/h5-6,9-10,12H,2-4,7-8H2,1H3. The van der Waals surface area contributed by atoms with Crippen molar-refractivity contribution in [3.8, 4) is 0 Å². The Hall–Kier alpha value is -0.760. The fourth-order valence-electron chi connectivity index (χ4n) is 1.78. The first kappa shape index (κ1) is 8.82. The molecule has 1 fully saturated rings. The molecule has 2 nitrogen and oxygen atoms in total. The van der Waals surface area contributed by atoms with E-state index >= 15 is 0 Å². The zero-order valence-electron chi connectivity index (χ0n) is 8.29. The number of nitrogens with zero attached hydrogens (tertiary/aromatic N) is 1. The number of nitrogens with one attached hydrogen (secondary N) is 1. The molecule has 72 valence electrons. The van der Waals surface area contributed by atoms with Crippen LogP contribution in [-0.2, 0) is 13.6 Å². The number of hydrogen-bond acceptors (Lipinski definition) is 1. The normalized spacial score (nSPS) is 17.3. The Morgan fingerprint density at radius 2 is 2.38 bits per heavy atom. The molecule has 1 aromatic rings. The molecule has 0 spiro atoms. The second-order valence-corrected chi connectivity index (χ2v) is 4.11. The maximum Gasteiger partial charge on any atom is 0.0220 e. The summed E-state index contributed by atoms with van der Waals surface area (Å²) in [5, 5.41) is 3.50. The van der Waals surface area contributed by atoms with Gasteiger partial charge in [-0.25, -0.2) is 0 Å². The van der Waals surface area contributed by atoms with Crippen LogP contribution in [0.2, 0.25) is 0 Å². The third-order valence-electron chi connectivity index (χ3n) is 2.88. The number of aryl methyl sites for hydroxylation is 1. The monoisotopic (exact) mass is 178 g/mol. The Bertz CT molecular complexity index is 261. The van der Waals surface area contributed by atoms with E-state index in [-0.39, 0.29) is 0 Å². The Balaban J connectivity index is 1.67. The fraction of sp³-hybridized carbons (Fsp3) is 0.636. The van der Waals surface area contributed by atoms with Gasteiger partial charge in [0.15, 0.2) is 0 Å². The fourth-order valence-corrected chi connectivity index (χ4v) is 1.78. The van der Waals surface area contributed by atoms with Crippen LogP contribution in [0.5, 0.6) is 0 Å². The average Bonchev–Trinajstić information content (AvgIpc) is 2.42. The number of hydrogen-bond donors (Lipinski definition) is 1. The van der Waals surface area contributed by atoms with E-state index in [0.29, 0.717) is 0 Å². The highest BCUT2D eigenvalue weighted by Crippen LogP contribution is 2.25. The lowest BCUT2D eigenvalue weighted by molar-refractivity contribution is 0.301. The van der Waals surface area contributed by atoms with Crippen LogP contribution in [0.4, 0.5) is 0 Å². The first-order valence-electron chi connectivity index (χ1n) is 5.16. The summed E-state index contributed by atoms with van der Waals surface area (Å²) >= 11 is 0. The second kappa shape index (κ2) is 3.97. The summed E-state index contributed by atoms with van der Waals surface area (Å²) < 4.78 is 2.10. The van der Waals surface area contributed by atoms with Crippen LogP contribution in [0.15, 0.2) is 18.5 Å². The smallest absolute Gasteiger partial charge is 0.0220 e. The van der Waals surface area contributed by atoms with E-state index in [1.54, 1.807) is 0 Å². The van der Waals surface area contributed by atoms with E-state index < -0.39 is 0 Å². The van der Waals surface area contributed by atoms with Crippen molar-refractivity contribution < 1.29 is 0 Å². The van der Waals surface area contributed by atoms with Crippen LogP contribution in [0.3, 0.4) is 0 Å². The van der Waals surface area contributed by atoms with Crippen molar-refractivity contribution in [2.45, 2.75) is 25.8 Å². The van der Waals surface area contributed by atoms with Gasteiger partial charge < -0.3 is 9.88 Å². The first-order chi connectivity index (χ1) is 6.34. The van der Waals surface area contributed by atoms with Crippen molar-refractivity contribution in [3.05, 3.63) is 24.0 Å². The van der Waals surface area contributed by atoms with Crippen LogP contribution < -0.4 is 5.32 Å². The molecule has 0 unspecified atom stereocenters. The van der Waals surface area contributed by atoms with Crippen molar-refractivity contribution in [2.75, 3.05) is 6.54 Å². The minimum absolute atomic E-state index is 0.962. The summed E-state index contributed by atoms with van der Waals surface area (Å²) in [6.45, 7) is 2.23. The van der Waals surface area contributed by atoms with Crippen LogP contribution >= 0.6 is 0 Å². The average molecular weight is 178 g/mol. The highest BCUT2D eigenvalue weighted by molar-refractivity contribution is 5.09. The highest BCUT2D eigenvalue weighted by Gasteiger charge is 2.16. The van der Waals surface area contributed by atoms with Gasteiger partial charge in [0.05, 0.1) is 0 Å². The Morgan fingerprint density at radius 3 is 2.92 bits per heavy atom. The predicted molar refractivity (Wildman–Crippen MR) is 54.5 cm³/mol. The van der Waals surface area contributed by atoms with E-state index in [1.165, 1.54) is 31.4 Å². The third kappa shape index (κ3) is 2.34. The maximum absolute atomic E-state index is 3.50. The van der Waals surface area contributed by atoms with Gasteiger partial charge in [-0.2, -0.15) is 0 Å². The quantitative estimate of drug-likeness (QED) is 0.745. The molecule has 0 aliphatic heterocycles. The van der Waals surface area contributed by atoms with E-state index in [2.05, 4.69) is 35.4 Å². The van der Waals surface area contributed by atoms with Crippen molar-refractivity contribution in [1.82, 2.24) is 9.88 Å². The van der Waals surface area contributed by atoms with Crippen LogP contribution in [0, 0.1) is 5.92 Å². The third-order valence-corrected chi connectivity index (χ3v) is 2.88. The van der Waals surface area contributed by atoms with Gasteiger partial charge >= 0.3 is 0 Å². The highest BCUT2D eigenvalue weighted by atomic mass is 14.9. The van der Waals surface area contributed by atoms with Gasteiger partial charge in [-0.1, -0.05) is 6.42 Å². The van der Waals surface area contributed by atoms with Gasteiger partial charge in [0.25, 0.3) is 0 Å². The molecule has 0 amide bonds. The Labute approximate surface area is 79.9 Å². The lowest BCUT2D eigenvalue weighted by Crippen LogP contribution is -2.26. The summed E-state index contributed by atoms with van der Waals surface area (Å²) in [5.74, 6) is 0.962. The zero-order valence-corrected chi connectivity index (χ0v) is 8.29. The van der Waals surface area contributed by atoms with Crippen molar-refractivity contribution >= 4 is 0 Å². The van der Waals surface area contributed by atoms with Gasteiger partial charge in [0.2, 0.25) is 0 Å². The molecular weight excluding hydrogens is 160 g/mol. The molecule has 0 atom stereocenters. The molecule has 1 heterocycles. The minimum Gasteiger partial charge on any atom is -0.357 e. The van der Waals surface area contributed by atoms with Crippen LogP contribution in [0.25, 0.3) is 0 Å². The molecular formula is C11H18N2. The summed E-state index contributed by atoms with van der Waals surface area (Å²) in [6.07, 6.45) is 8.58. The molecule has 2 heteroatoms. The van der Waals surface area contributed by atoms with Gasteiger partial charge in [0.1, 0.15) is 0 Å². The zero-order chi connectivity index (χ0) is 9.10. The molecule has 1 aliphatic rings. The minimum atomic E-state index is 0.962. The predicted octanol–water partition coefficient (Wildman–Crippen LogP) is 1.91. The Morgan fingerprint density at radius 1 is 1.54 bits per heavy atom. The molecule has 0 saturated heterocycles.